The van der Waals surface area contributed by atoms with Crippen molar-refractivity contribution >= 4 is 23.4 Å². The van der Waals surface area contributed by atoms with Crippen molar-refractivity contribution in [3.8, 4) is 11.6 Å². The molecule has 2 heterocycles. The first-order chi connectivity index (χ1) is 9.20. The summed E-state index contributed by atoms with van der Waals surface area (Å²) in [6, 6.07) is 6.00. The van der Waals surface area contributed by atoms with E-state index in [1.54, 1.807) is 16.7 Å². The number of H-pyrrole nitrogens is 1. The van der Waals surface area contributed by atoms with Crippen LogP contribution < -0.4 is 4.74 Å². The van der Waals surface area contributed by atoms with Crippen LogP contribution in [0.4, 0.5) is 4.39 Å². The maximum atomic E-state index is 13.0. The fraction of sp³-hybridized carbons (Fsp3) is 0.0833. The van der Waals surface area contributed by atoms with E-state index in [-0.39, 0.29) is 5.82 Å². The predicted molar refractivity (Wildman–Crippen MR) is 70.6 cm³/mol. The topological polar surface area (TPSA) is 55.7 Å². The molecule has 0 aliphatic heterocycles. The molecule has 1 aromatic carbocycles. The number of aromatic amines is 1. The molecule has 1 N–H and O–H groups in total. The Morgan fingerprint density at radius 2 is 2.00 bits per heavy atom. The van der Waals surface area contributed by atoms with Crippen molar-refractivity contribution in [1.82, 2.24) is 19.5 Å². The number of ether oxygens (including phenoxy) is 1. The Hall–Kier alpha value is -2.28. The van der Waals surface area contributed by atoms with Gasteiger partial charge < -0.3 is 9.72 Å². The van der Waals surface area contributed by atoms with E-state index >= 15 is 0 Å². The second-order valence-corrected chi connectivity index (χ2v) is 4.21. The summed E-state index contributed by atoms with van der Waals surface area (Å²) in [5, 5.41) is 0. The molecule has 0 spiro atoms. The van der Waals surface area contributed by atoms with Crippen molar-refractivity contribution < 1.29 is 9.13 Å². The Balaban J connectivity index is 2.32. The minimum absolute atomic E-state index is 0.303. The molecule has 19 heavy (non-hydrogen) atoms. The number of halogens is 1. The molecule has 5 nitrogen and oxygen atoms in total. The fourth-order valence-corrected chi connectivity index (χ4v) is 2.18. The minimum atomic E-state index is -0.303. The van der Waals surface area contributed by atoms with Gasteiger partial charge in [0.2, 0.25) is 5.88 Å². The molecule has 0 saturated carbocycles. The number of imidazole rings is 1. The minimum Gasteiger partial charge on any atom is -0.479 e. The zero-order chi connectivity index (χ0) is 13.4. The van der Waals surface area contributed by atoms with Crippen molar-refractivity contribution in [2.45, 2.75) is 0 Å². The molecule has 0 aliphatic rings. The number of benzene rings is 1. The van der Waals surface area contributed by atoms with Gasteiger partial charge in [0.05, 0.1) is 12.8 Å². The Morgan fingerprint density at radius 1 is 1.26 bits per heavy atom. The van der Waals surface area contributed by atoms with Gasteiger partial charge in [0.1, 0.15) is 17.7 Å². The van der Waals surface area contributed by atoms with Gasteiger partial charge in [-0.2, -0.15) is 4.98 Å². The highest BCUT2D eigenvalue weighted by molar-refractivity contribution is 7.71. The number of nitrogens with one attached hydrogen (secondary N) is 1. The second kappa shape index (κ2) is 4.43. The zero-order valence-electron chi connectivity index (χ0n) is 9.92. The molecule has 0 bridgehead atoms. The lowest BCUT2D eigenvalue weighted by atomic mass is 10.3. The van der Waals surface area contributed by atoms with Crippen LogP contribution in [-0.2, 0) is 0 Å². The van der Waals surface area contributed by atoms with E-state index in [4.69, 9.17) is 17.0 Å². The summed E-state index contributed by atoms with van der Waals surface area (Å²) in [4.78, 5) is 11.2. The van der Waals surface area contributed by atoms with Crippen LogP contribution in [0.5, 0.6) is 5.88 Å². The summed E-state index contributed by atoms with van der Waals surface area (Å²) in [7, 11) is 1.52. The van der Waals surface area contributed by atoms with Crippen molar-refractivity contribution in [3.63, 3.8) is 0 Å². The fourth-order valence-electron chi connectivity index (χ4n) is 1.88. The first-order valence-corrected chi connectivity index (χ1v) is 5.87. The van der Waals surface area contributed by atoms with Crippen molar-refractivity contribution in [2.24, 2.45) is 0 Å². The average Bonchev–Trinajstić information content (AvgIpc) is 2.76. The number of nitrogens with zero attached hydrogens (tertiary/aromatic N) is 3. The van der Waals surface area contributed by atoms with Crippen LogP contribution in [0.15, 0.2) is 30.6 Å². The summed E-state index contributed by atoms with van der Waals surface area (Å²) >= 11 is 5.27. The molecule has 0 radical (unpaired) electrons. The van der Waals surface area contributed by atoms with E-state index in [0.29, 0.717) is 21.8 Å². The highest BCUT2D eigenvalue weighted by Crippen LogP contribution is 2.23. The number of methoxy groups -OCH3 is 1. The van der Waals surface area contributed by atoms with Gasteiger partial charge in [-0.15, -0.1) is 0 Å². The SMILES string of the molecule is COc1ncnc2c1[nH]c(=S)n2-c1ccc(F)cc1. The van der Waals surface area contributed by atoms with E-state index in [1.807, 2.05) is 0 Å². The van der Waals surface area contributed by atoms with Crippen LogP contribution in [0.3, 0.4) is 0 Å². The monoisotopic (exact) mass is 276 g/mol. The third kappa shape index (κ3) is 1.88. The average molecular weight is 276 g/mol. The molecule has 3 rings (SSSR count). The lowest BCUT2D eigenvalue weighted by Gasteiger charge is -2.04. The standard InChI is InChI=1S/C12H9FN4OS/c1-18-11-9-10(14-6-15-11)17(12(19)16-9)8-4-2-7(13)3-5-8/h2-6H,1H3,(H,16,19). The largest absolute Gasteiger partial charge is 0.479 e. The van der Waals surface area contributed by atoms with Gasteiger partial charge in [0, 0.05) is 0 Å². The van der Waals surface area contributed by atoms with E-state index in [2.05, 4.69) is 15.0 Å². The normalized spacial score (nSPS) is 10.8. The van der Waals surface area contributed by atoms with E-state index in [1.165, 1.54) is 25.6 Å². The van der Waals surface area contributed by atoms with Gasteiger partial charge in [-0.3, -0.25) is 4.57 Å². The Labute approximate surface area is 112 Å². The van der Waals surface area contributed by atoms with Gasteiger partial charge in [0.15, 0.2) is 10.4 Å². The Kier molecular flexibility index (Phi) is 2.75. The molecule has 0 fully saturated rings. The zero-order valence-corrected chi connectivity index (χ0v) is 10.7. The molecule has 0 saturated heterocycles. The van der Waals surface area contributed by atoms with Crippen LogP contribution in [0.1, 0.15) is 0 Å². The second-order valence-electron chi connectivity index (χ2n) is 3.82. The summed E-state index contributed by atoms with van der Waals surface area (Å²) in [5.74, 6) is 0.110. The summed E-state index contributed by atoms with van der Waals surface area (Å²) < 4.78 is 20.3. The highest BCUT2D eigenvalue weighted by Gasteiger charge is 2.12. The van der Waals surface area contributed by atoms with Crippen LogP contribution >= 0.6 is 12.2 Å². The summed E-state index contributed by atoms with van der Waals surface area (Å²) in [6.07, 6.45) is 1.39. The van der Waals surface area contributed by atoms with Gasteiger partial charge in [-0.05, 0) is 36.5 Å². The lowest BCUT2D eigenvalue weighted by Crippen LogP contribution is -1.97. The Morgan fingerprint density at radius 3 is 2.68 bits per heavy atom. The van der Waals surface area contributed by atoms with Crippen LogP contribution in [0, 0.1) is 10.6 Å². The molecular weight excluding hydrogens is 267 g/mol. The number of rotatable bonds is 2. The number of aromatic nitrogens is 4. The van der Waals surface area contributed by atoms with Gasteiger partial charge >= 0.3 is 0 Å². The van der Waals surface area contributed by atoms with Crippen molar-refractivity contribution in [1.29, 1.82) is 0 Å². The number of hydrogen-bond acceptors (Lipinski definition) is 4. The molecule has 0 unspecified atom stereocenters. The summed E-state index contributed by atoms with van der Waals surface area (Å²) in [5.41, 5.74) is 1.92. The van der Waals surface area contributed by atoms with Crippen molar-refractivity contribution in [2.75, 3.05) is 7.11 Å². The lowest BCUT2D eigenvalue weighted by molar-refractivity contribution is 0.401. The summed E-state index contributed by atoms with van der Waals surface area (Å²) in [6.45, 7) is 0. The molecule has 0 atom stereocenters. The highest BCUT2D eigenvalue weighted by atomic mass is 32.1. The maximum Gasteiger partial charge on any atom is 0.242 e. The van der Waals surface area contributed by atoms with Gasteiger partial charge in [0.25, 0.3) is 0 Å². The molecule has 0 aliphatic carbocycles. The van der Waals surface area contributed by atoms with Crippen LogP contribution in [0.2, 0.25) is 0 Å². The molecular formula is C12H9FN4OS. The van der Waals surface area contributed by atoms with Gasteiger partial charge in [-0.1, -0.05) is 0 Å². The molecule has 2 aromatic heterocycles. The van der Waals surface area contributed by atoms with E-state index in [0.717, 1.165) is 5.69 Å². The maximum absolute atomic E-state index is 13.0. The quantitative estimate of drug-likeness (QED) is 0.731. The molecule has 0 amide bonds. The molecule has 96 valence electrons. The first-order valence-electron chi connectivity index (χ1n) is 5.46. The third-order valence-electron chi connectivity index (χ3n) is 2.72. The molecule has 3 aromatic rings. The Bertz CT molecular complexity index is 794. The van der Waals surface area contributed by atoms with Gasteiger partial charge in [-0.25, -0.2) is 9.37 Å². The van der Waals surface area contributed by atoms with E-state index in [9.17, 15) is 4.39 Å². The number of hydrogen-bond donors (Lipinski definition) is 1. The van der Waals surface area contributed by atoms with E-state index < -0.39 is 0 Å². The smallest absolute Gasteiger partial charge is 0.242 e. The number of fused-ring (bicyclic) bond motifs is 1. The van der Waals surface area contributed by atoms with Crippen LogP contribution in [-0.4, -0.2) is 26.6 Å². The molecule has 7 heteroatoms. The predicted octanol–water partition coefficient (Wildman–Crippen LogP) is 2.63. The van der Waals surface area contributed by atoms with Crippen molar-refractivity contribution in [3.05, 3.63) is 41.2 Å². The third-order valence-corrected chi connectivity index (χ3v) is 3.00. The first kappa shape index (κ1) is 11.8. The van der Waals surface area contributed by atoms with Crippen LogP contribution in [0.25, 0.3) is 16.9 Å².